The first kappa shape index (κ1) is 19.0. The van der Waals surface area contributed by atoms with Gasteiger partial charge in [0.1, 0.15) is 18.5 Å². The Labute approximate surface area is 142 Å². The Hall–Kier alpha value is -1.38. The first-order chi connectivity index (χ1) is 11.9. The van der Waals surface area contributed by atoms with E-state index in [1.54, 1.807) is 6.07 Å². The zero-order chi connectivity index (χ0) is 16.9. The molecule has 7 nitrogen and oxygen atoms in total. The van der Waals surface area contributed by atoms with Crippen molar-refractivity contribution in [3.63, 3.8) is 0 Å². The summed E-state index contributed by atoms with van der Waals surface area (Å²) in [7, 11) is 0. The second-order valence-electron chi connectivity index (χ2n) is 5.25. The van der Waals surface area contributed by atoms with Gasteiger partial charge in [-0.2, -0.15) is 0 Å². The Kier molecular flexibility index (Phi) is 9.52. The molecule has 0 aromatic heterocycles. The van der Waals surface area contributed by atoms with Crippen LogP contribution in [0.4, 0.5) is 5.69 Å². The van der Waals surface area contributed by atoms with Crippen LogP contribution in [-0.2, 0) is 23.7 Å². The summed E-state index contributed by atoms with van der Waals surface area (Å²) in [6, 6.07) is 7.38. The molecule has 1 aromatic rings. The predicted molar refractivity (Wildman–Crippen MR) is 89.4 cm³/mol. The molecule has 136 valence electrons. The highest BCUT2D eigenvalue weighted by molar-refractivity contribution is 5.51. The number of para-hydroxylation sites is 2. The Morgan fingerprint density at radius 1 is 0.833 bits per heavy atom. The van der Waals surface area contributed by atoms with Crippen LogP contribution in [0.5, 0.6) is 5.75 Å². The number of anilines is 1. The average Bonchev–Trinajstić information content (AvgIpc) is 2.60. The van der Waals surface area contributed by atoms with E-state index in [0.29, 0.717) is 77.5 Å². The Balaban J connectivity index is 1.77. The van der Waals surface area contributed by atoms with Crippen molar-refractivity contribution in [1.29, 1.82) is 0 Å². The van der Waals surface area contributed by atoms with E-state index in [1.807, 2.05) is 18.2 Å². The third kappa shape index (κ3) is 7.94. The first-order valence-corrected chi connectivity index (χ1v) is 8.26. The quantitative estimate of drug-likeness (QED) is 0.825. The molecule has 1 aromatic carbocycles. The molecule has 2 rings (SSSR count). The maximum Gasteiger partial charge on any atom is 0.142 e. The third-order valence-corrected chi connectivity index (χ3v) is 3.34. The summed E-state index contributed by atoms with van der Waals surface area (Å²) in [4.78, 5) is 0. The van der Waals surface area contributed by atoms with Gasteiger partial charge < -0.3 is 34.2 Å². The summed E-state index contributed by atoms with van der Waals surface area (Å²) in [6.45, 7) is 5.01. The Bertz CT molecular complexity index is 429. The summed E-state index contributed by atoms with van der Waals surface area (Å²) >= 11 is 0. The van der Waals surface area contributed by atoms with E-state index in [2.05, 4.69) is 0 Å². The Morgan fingerprint density at radius 2 is 1.42 bits per heavy atom. The normalized spacial score (nSPS) is 22.2. The van der Waals surface area contributed by atoms with Crippen LogP contribution in [0, 0.1) is 0 Å². The molecule has 1 aliphatic heterocycles. The third-order valence-electron chi connectivity index (χ3n) is 3.34. The second-order valence-corrected chi connectivity index (χ2v) is 5.25. The van der Waals surface area contributed by atoms with Gasteiger partial charge in [-0.05, 0) is 12.1 Å². The van der Waals surface area contributed by atoms with Gasteiger partial charge in [0.2, 0.25) is 0 Å². The second kappa shape index (κ2) is 12.0. The fourth-order valence-corrected chi connectivity index (χ4v) is 2.09. The van der Waals surface area contributed by atoms with Crippen molar-refractivity contribution in [3.05, 3.63) is 24.3 Å². The molecule has 1 saturated heterocycles. The average molecular weight is 341 g/mol. The molecule has 7 heteroatoms. The van der Waals surface area contributed by atoms with Crippen LogP contribution in [0.25, 0.3) is 0 Å². The number of hydrogen-bond acceptors (Lipinski definition) is 7. The summed E-state index contributed by atoms with van der Waals surface area (Å²) in [6.07, 6.45) is -0.199. The standard InChI is InChI=1S/C17H27NO6/c18-16-3-1-2-4-17(16)24-14-15-13-22-10-9-20-6-5-19-7-8-21-11-12-23-15/h1-4,15H,5-14,18H2. The van der Waals surface area contributed by atoms with Gasteiger partial charge in [-0.3, -0.25) is 0 Å². The van der Waals surface area contributed by atoms with E-state index in [9.17, 15) is 0 Å². The highest BCUT2D eigenvalue weighted by Crippen LogP contribution is 2.20. The van der Waals surface area contributed by atoms with Crippen molar-refractivity contribution >= 4 is 5.69 Å². The van der Waals surface area contributed by atoms with E-state index < -0.39 is 0 Å². The van der Waals surface area contributed by atoms with Crippen LogP contribution in [0.3, 0.4) is 0 Å². The Morgan fingerprint density at radius 3 is 2.08 bits per heavy atom. The molecule has 1 fully saturated rings. The van der Waals surface area contributed by atoms with Crippen molar-refractivity contribution in [2.24, 2.45) is 0 Å². The smallest absolute Gasteiger partial charge is 0.142 e. The van der Waals surface area contributed by atoms with Crippen LogP contribution in [0.15, 0.2) is 24.3 Å². The molecule has 0 spiro atoms. The van der Waals surface area contributed by atoms with Crippen LogP contribution < -0.4 is 10.5 Å². The van der Waals surface area contributed by atoms with Gasteiger partial charge >= 0.3 is 0 Å². The maximum atomic E-state index is 5.88. The molecule has 24 heavy (non-hydrogen) atoms. The highest BCUT2D eigenvalue weighted by Gasteiger charge is 2.12. The first-order valence-electron chi connectivity index (χ1n) is 8.26. The van der Waals surface area contributed by atoms with E-state index in [4.69, 9.17) is 34.2 Å². The summed E-state index contributed by atoms with van der Waals surface area (Å²) < 4.78 is 33.3. The molecule has 0 aliphatic carbocycles. The number of hydrogen-bond donors (Lipinski definition) is 1. The topological polar surface area (TPSA) is 81.4 Å². The summed E-state index contributed by atoms with van der Waals surface area (Å²) in [5.41, 5.74) is 6.48. The SMILES string of the molecule is Nc1ccccc1OCC1COCCOCCOCCOCCO1. The molecule has 0 amide bonds. The van der Waals surface area contributed by atoms with Crippen LogP contribution in [0.2, 0.25) is 0 Å². The van der Waals surface area contributed by atoms with Crippen molar-refractivity contribution in [3.8, 4) is 5.75 Å². The molecule has 0 bridgehead atoms. The number of ether oxygens (including phenoxy) is 6. The van der Waals surface area contributed by atoms with Crippen LogP contribution in [0.1, 0.15) is 0 Å². The van der Waals surface area contributed by atoms with Crippen molar-refractivity contribution in [2.75, 3.05) is 71.8 Å². The molecule has 0 saturated carbocycles. The largest absolute Gasteiger partial charge is 0.489 e. The number of nitrogen functional groups attached to an aromatic ring is 1. The minimum Gasteiger partial charge on any atom is -0.489 e. The summed E-state index contributed by atoms with van der Waals surface area (Å²) in [5, 5.41) is 0. The molecule has 1 aliphatic rings. The zero-order valence-electron chi connectivity index (χ0n) is 14.0. The van der Waals surface area contributed by atoms with Crippen molar-refractivity contribution in [2.45, 2.75) is 6.10 Å². The molecule has 1 unspecified atom stereocenters. The maximum absolute atomic E-state index is 5.88. The lowest BCUT2D eigenvalue weighted by atomic mass is 10.3. The number of nitrogens with two attached hydrogens (primary N) is 1. The predicted octanol–water partition coefficient (Wildman–Crippen LogP) is 1.11. The zero-order valence-corrected chi connectivity index (χ0v) is 14.0. The van der Waals surface area contributed by atoms with Gasteiger partial charge in [-0.1, -0.05) is 12.1 Å². The van der Waals surface area contributed by atoms with Gasteiger partial charge in [0.15, 0.2) is 0 Å². The van der Waals surface area contributed by atoms with Gasteiger partial charge in [0, 0.05) is 0 Å². The van der Waals surface area contributed by atoms with Gasteiger partial charge in [-0.15, -0.1) is 0 Å². The minimum atomic E-state index is -0.199. The lowest BCUT2D eigenvalue weighted by Gasteiger charge is -2.19. The van der Waals surface area contributed by atoms with Gasteiger partial charge in [-0.25, -0.2) is 0 Å². The van der Waals surface area contributed by atoms with E-state index in [-0.39, 0.29) is 6.10 Å². The van der Waals surface area contributed by atoms with E-state index in [0.717, 1.165) is 0 Å². The van der Waals surface area contributed by atoms with Crippen LogP contribution >= 0.6 is 0 Å². The molecule has 2 N–H and O–H groups in total. The fourth-order valence-electron chi connectivity index (χ4n) is 2.09. The molecular formula is C17H27NO6. The molecule has 1 heterocycles. The number of benzene rings is 1. The highest BCUT2D eigenvalue weighted by atomic mass is 16.6. The summed E-state index contributed by atoms with van der Waals surface area (Å²) in [5.74, 6) is 0.647. The van der Waals surface area contributed by atoms with E-state index in [1.165, 1.54) is 0 Å². The lowest BCUT2D eigenvalue weighted by Crippen LogP contribution is -2.29. The van der Waals surface area contributed by atoms with Crippen molar-refractivity contribution < 1.29 is 28.4 Å². The number of rotatable bonds is 3. The lowest BCUT2D eigenvalue weighted by molar-refractivity contribution is -0.0605. The van der Waals surface area contributed by atoms with Crippen LogP contribution in [-0.4, -0.2) is 72.2 Å². The van der Waals surface area contributed by atoms with E-state index >= 15 is 0 Å². The molecular weight excluding hydrogens is 314 g/mol. The molecule has 0 radical (unpaired) electrons. The van der Waals surface area contributed by atoms with Crippen molar-refractivity contribution in [1.82, 2.24) is 0 Å². The fraction of sp³-hybridized carbons (Fsp3) is 0.647. The monoisotopic (exact) mass is 341 g/mol. The van der Waals surface area contributed by atoms with Gasteiger partial charge in [0.05, 0.1) is 65.1 Å². The van der Waals surface area contributed by atoms with Gasteiger partial charge in [0.25, 0.3) is 0 Å². The minimum absolute atomic E-state index is 0.199. The molecule has 1 atom stereocenters.